The van der Waals surface area contributed by atoms with Crippen LogP contribution in [0.3, 0.4) is 0 Å². The first-order chi connectivity index (χ1) is 17.5. The maximum Gasteiger partial charge on any atom is 0.262 e. The fourth-order valence-corrected chi connectivity index (χ4v) is 5.01. The highest BCUT2D eigenvalue weighted by atomic mass is 32.2. The van der Waals surface area contributed by atoms with Crippen molar-refractivity contribution in [3.05, 3.63) is 99.3 Å². The molecule has 0 fully saturated rings. The molecule has 5 rings (SSSR count). The molecule has 1 amide bonds. The van der Waals surface area contributed by atoms with Gasteiger partial charge < -0.3 is 10.4 Å². The van der Waals surface area contributed by atoms with Gasteiger partial charge in [0.1, 0.15) is 0 Å². The van der Waals surface area contributed by atoms with Gasteiger partial charge in [-0.3, -0.25) is 23.7 Å². The van der Waals surface area contributed by atoms with Gasteiger partial charge >= 0.3 is 0 Å². The van der Waals surface area contributed by atoms with Crippen molar-refractivity contribution in [3.8, 4) is 0 Å². The fraction of sp³-hybridized carbons (Fsp3) is 0.148. The summed E-state index contributed by atoms with van der Waals surface area (Å²) < 4.78 is 1.47. The Labute approximate surface area is 210 Å². The molecule has 36 heavy (non-hydrogen) atoms. The Morgan fingerprint density at radius 2 is 1.56 bits per heavy atom. The standard InChI is InChI=1S/C27H21N3O5S/c31-13-5-12-30-26(35)20-8-3-4-9-22(20)29-27(30)36-15-23(32)28-16-10-11-19-21(14-16)25(34)18-7-2-1-6-17(18)24(19)33/h1-4,6-11,14,31H,5,12-13,15H2,(H,28,32). The van der Waals surface area contributed by atoms with Gasteiger partial charge in [-0.2, -0.15) is 0 Å². The van der Waals surface area contributed by atoms with E-state index in [0.717, 1.165) is 11.8 Å². The van der Waals surface area contributed by atoms with Crippen LogP contribution in [0.25, 0.3) is 10.9 Å². The normalized spacial score (nSPS) is 12.4. The van der Waals surface area contributed by atoms with Gasteiger partial charge in [-0.15, -0.1) is 0 Å². The molecule has 9 heteroatoms. The minimum Gasteiger partial charge on any atom is -0.396 e. The number of amides is 1. The van der Waals surface area contributed by atoms with E-state index in [9.17, 15) is 24.3 Å². The first-order valence-electron chi connectivity index (χ1n) is 11.3. The fourth-order valence-electron chi connectivity index (χ4n) is 4.19. The molecule has 0 saturated heterocycles. The maximum absolute atomic E-state index is 12.9. The number of ketones is 2. The first kappa shape index (κ1) is 23.7. The molecule has 0 aliphatic heterocycles. The van der Waals surface area contributed by atoms with E-state index in [1.165, 1.54) is 10.6 Å². The highest BCUT2D eigenvalue weighted by molar-refractivity contribution is 7.99. The van der Waals surface area contributed by atoms with E-state index in [-0.39, 0.29) is 47.5 Å². The van der Waals surface area contributed by atoms with Crippen molar-refractivity contribution in [3.63, 3.8) is 0 Å². The second kappa shape index (κ2) is 9.88. The van der Waals surface area contributed by atoms with E-state index in [1.54, 1.807) is 60.7 Å². The van der Waals surface area contributed by atoms with Gasteiger partial charge in [-0.1, -0.05) is 48.2 Å². The summed E-state index contributed by atoms with van der Waals surface area (Å²) in [4.78, 5) is 55.9. The first-order valence-corrected chi connectivity index (χ1v) is 12.3. The van der Waals surface area contributed by atoms with Crippen LogP contribution in [0.4, 0.5) is 5.69 Å². The number of anilines is 1. The maximum atomic E-state index is 12.9. The number of thioether (sulfide) groups is 1. The molecule has 8 nitrogen and oxygen atoms in total. The minimum atomic E-state index is -0.356. The summed E-state index contributed by atoms with van der Waals surface area (Å²) in [7, 11) is 0. The third kappa shape index (κ3) is 4.34. The lowest BCUT2D eigenvalue weighted by molar-refractivity contribution is -0.113. The van der Waals surface area contributed by atoms with E-state index < -0.39 is 0 Å². The molecule has 180 valence electrons. The van der Waals surface area contributed by atoms with Gasteiger partial charge in [0, 0.05) is 41.1 Å². The molecule has 0 atom stereocenters. The SMILES string of the molecule is O=C(CSc1nc2ccccc2c(=O)n1CCCO)Nc1ccc2c(c1)C(=O)c1ccccc1C2=O. The molecule has 0 saturated carbocycles. The van der Waals surface area contributed by atoms with Crippen LogP contribution in [-0.2, 0) is 11.3 Å². The Hall–Kier alpha value is -4.08. The molecule has 1 aromatic heterocycles. The second-order valence-corrected chi connectivity index (χ2v) is 9.19. The van der Waals surface area contributed by atoms with Crippen molar-refractivity contribution in [1.29, 1.82) is 0 Å². The largest absolute Gasteiger partial charge is 0.396 e. The molecular formula is C27H21N3O5S. The Balaban J connectivity index is 1.35. The molecule has 3 aromatic carbocycles. The number of carbonyl (C=O) groups is 3. The topological polar surface area (TPSA) is 118 Å². The summed E-state index contributed by atoms with van der Waals surface area (Å²) in [5.74, 6) is -0.877. The summed E-state index contributed by atoms with van der Waals surface area (Å²) in [6.45, 7) is 0.202. The summed E-state index contributed by atoms with van der Waals surface area (Å²) in [5, 5.41) is 12.8. The number of para-hydroxylation sites is 1. The number of hydrogen-bond donors (Lipinski definition) is 2. The number of aromatic nitrogens is 2. The highest BCUT2D eigenvalue weighted by Gasteiger charge is 2.29. The van der Waals surface area contributed by atoms with Gasteiger partial charge in [-0.25, -0.2) is 4.98 Å². The number of aliphatic hydroxyl groups excluding tert-OH is 1. The van der Waals surface area contributed by atoms with Crippen LogP contribution < -0.4 is 10.9 Å². The zero-order chi connectivity index (χ0) is 25.2. The van der Waals surface area contributed by atoms with Crippen molar-refractivity contribution < 1.29 is 19.5 Å². The Morgan fingerprint density at radius 1 is 0.889 bits per heavy atom. The predicted octanol–water partition coefficient (Wildman–Crippen LogP) is 3.29. The minimum absolute atomic E-state index is 0.0311. The van der Waals surface area contributed by atoms with Crippen LogP contribution in [0.1, 0.15) is 38.3 Å². The van der Waals surface area contributed by atoms with Crippen LogP contribution in [0, 0.1) is 0 Å². The number of fused-ring (bicyclic) bond motifs is 3. The van der Waals surface area contributed by atoms with Gasteiger partial charge in [0.2, 0.25) is 5.91 Å². The van der Waals surface area contributed by atoms with Crippen LogP contribution in [-0.4, -0.2) is 44.5 Å². The van der Waals surface area contributed by atoms with Crippen LogP contribution >= 0.6 is 11.8 Å². The summed E-state index contributed by atoms with van der Waals surface area (Å²) in [6.07, 6.45) is 0.380. The van der Waals surface area contributed by atoms with E-state index in [4.69, 9.17) is 0 Å². The number of benzene rings is 3. The quantitative estimate of drug-likeness (QED) is 0.261. The smallest absolute Gasteiger partial charge is 0.262 e. The van der Waals surface area contributed by atoms with Crippen molar-refractivity contribution in [2.24, 2.45) is 0 Å². The third-order valence-electron chi connectivity index (χ3n) is 5.91. The highest BCUT2D eigenvalue weighted by Crippen LogP contribution is 2.29. The average molecular weight is 500 g/mol. The summed E-state index contributed by atoms with van der Waals surface area (Å²) in [6, 6.07) is 18.3. The van der Waals surface area contributed by atoms with Crippen molar-refractivity contribution in [1.82, 2.24) is 9.55 Å². The van der Waals surface area contributed by atoms with Crippen LogP contribution in [0.15, 0.2) is 76.7 Å². The van der Waals surface area contributed by atoms with Crippen LogP contribution in [0.5, 0.6) is 0 Å². The van der Waals surface area contributed by atoms with Crippen molar-refractivity contribution >= 4 is 45.8 Å². The molecule has 2 N–H and O–H groups in total. The van der Waals surface area contributed by atoms with E-state index in [2.05, 4.69) is 10.3 Å². The van der Waals surface area contributed by atoms with Gasteiger partial charge in [0.15, 0.2) is 16.7 Å². The molecule has 0 unspecified atom stereocenters. The second-order valence-electron chi connectivity index (χ2n) is 8.25. The monoisotopic (exact) mass is 499 g/mol. The van der Waals surface area contributed by atoms with E-state index >= 15 is 0 Å². The van der Waals surface area contributed by atoms with Gasteiger partial charge in [0.25, 0.3) is 5.56 Å². The lowest BCUT2D eigenvalue weighted by atomic mass is 9.84. The number of aliphatic hydroxyl groups is 1. The third-order valence-corrected chi connectivity index (χ3v) is 6.88. The number of carbonyl (C=O) groups excluding carboxylic acids is 3. The van der Waals surface area contributed by atoms with Crippen molar-refractivity contribution in [2.45, 2.75) is 18.1 Å². The summed E-state index contributed by atoms with van der Waals surface area (Å²) in [5.41, 5.74) is 1.97. The van der Waals surface area contributed by atoms with Crippen LogP contribution in [0.2, 0.25) is 0 Å². The lowest BCUT2D eigenvalue weighted by Crippen LogP contribution is -2.25. The molecule has 1 aliphatic carbocycles. The zero-order valence-corrected chi connectivity index (χ0v) is 19.9. The Bertz CT molecular complexity index is 1590. The molecule has 0 spiro atoms. The Kier molecular flexibility index (Phi) is 6.49. The van der Waals surface area contributed by atoms with E-state index in [1.807, 2.05) is 0 Å². The molecule has 0 radical (unpaired) electrons. The molecule has 4 aromatic rings. The van der Waals surface area contributed by atoms with Crippen molar-refractivity contribution in [2.75, 3.05) is 17.7 Å². The molecule has 1 heterocycles. The molecular weight excluding hydrogens is 478 g/mol. The van der Waals surface area contributed by atoms with E-state index in [0.29, 0.717) is 44.9 Å². The Morgan fingerprint density at radius 3 is 2.31 bits per heavy atom. The number of nitrogens with one attached hydrogen (secondary N) is 1. The van der Waals surface area contributed by atoms with Gasteiger partial charge in [0.05, 0.1) is 16.7 Å². The molecule has 0 bridgehead atoms. The number of hydrogen-bond acceptors (Lipinski definition) is 7. The summed E-state index contributed by atoms with van der Waals surface area (Å²) >= 11 is 1.11. The predicted molar refractivity (Wildman–Crippen MR) is 137 cm³/mol. The zero-order valence-electron chi connectivity index (χ0n) is 19.1. The number of nitrogens with zero attached hydrogens (tertiary/aromatic N) is 2. The lowest BCUT2D eigenvalue weighted by Gasteiger charge is -2.18. The average Bonchev–Trinajstić information content (AvgIpc) is 2.90. The number of rotatable bonds is 7. The molecule has 1 aliphatic rings. The van der Waals surface area contributed by atoms with Gasteiger partial charge in [-0.05, 0) is 36.8 Å².